The zero-order valence-electron chi connectivity index (χ0n) is 12.1. The number of nitrogens with one attached hydrogen (secondary N) is 2. The summed E-state index contributed by atoms with van der Waals surface area (Å²) >= 11 is 0. The maximum atomic E-state index is 14.4. The van der Waals surface area contributed by atoms with Crippen molar-refractivity contribution in [3.8, 4) is 11.1 Å². The zero-order chi connectivity index (χ0) is 16.6. The van der Waals surface area contributed by atoms with Gasteiger partial charge in [0.05, 0.1) is 11.4 Å². The number of fused-ring (bicyclic) bond motifs is 1. The number of hydrogen-bond acceptors (Lipinski definition) is 3. The molecule has 3 aromatic rings. The molecule has 0 fully saturated rings. The van der Waals surface area contributed by atoms with Crippen molar-refractivity contribution >= 4 is 26.7 Å². The van der Waals surface area contributed by atoms with Crippen LogP contribution in [0, 0.1) is 11.6 Å². The highest BCUT2D eigenvalue weighted by Gasteiger charge is 2.17. The van der Waals surface area contributed by atoms with E-state index >= 15 is 0 Å². The third-order valence-electron chi connectivity index (χ3n) is 3.45. The van der Waals surface area contributed by atoms with Crippen LogP contribution in [0.4, 0.5) is 14.5 Å². The average molecular weight is 337 g/mol. The lowest BCUT2D eigenvalue weighted by molar-refractivity contribution is 0.596. The van der Waals surface area contributed by atoms with E-state index in [0.717, 1.165) is 12.1 Å². The van der Waals surface area contributed by atoms with Crippen LogP contribution >= 0.6 is 0 Å². The second kappa shape index (κ2) is 5.62. The van der Waals surface area contributed by atoms with Crippen LogP contribution in [0.15, 0.2) is 36.7 Å². The lowest BCUT2D eigenvalue weighted by Gasteiger charge is -2.11. The first-order chi connectivity index (χ1) is 10.9. The third-order valence-corrected chi connectivity index (χ3v) is 4.74. The molecule has 5 nitrogen and oxygen atoms in total. The number of rotatable bonds is 4. The molecular formula is C15H13F2N3O2S. The molecule has 1 aromatic carbocycles. The molecule has 120 valence electrons. The van der Waals surface area contributed by atoms with Gasteiger partial charge in [0.25, 0.3) is 0 Å². The largest absolute Gasteiger partial charge is 0.346 e. The topological polar surface area (TPSA) is 74.8 Å². The van der Waals surface area contributed by atoms with Crippen molar-refractivity contribution in [2.45, 2.75) is 6.92 Å². The molecule has 2 aromatic heterocycles. The molecule has 0 radical (unpaired) electrons. The average Bonchev–Trinajstić information content (AvgIpc) is 2.99. The van der Waals surface area contributed by atoms with Gasteiger partial charge < -0.3 is 4.98 Å². The second-order valence-electron chi connectivity index (χ2n) is 4.92. The van der Waals surface area contributed by atoms with E-state index < -0.39 is 27.3 Å². The first kappa shape index (κ1) is 15.4. The first-order valence-corrected chi connectivity index (χ1v) is 8.48. The lowest BCUT2D eigenvalue weighted by Crippen LogP contribution is -2.15. The fourth-order valence-electron chi connectivity index (χ4n) is 2.27. The summed E-state index contributed by atoms with van der Waals surface area (Å²) in [5.41, 5.74) is 0.650. The number of pyridine rings is 1. The van der Waals surface area contributed by atoms with Crippen LogP contribution in [-0.2, 0) is 10.0 Å². The number of sulfonamides is 1. The summed E-state index contributed by atoms with van der Waals surface area (Å²) in [4.78, 5) is 6.99. The van der Waals surface area contributed by atoms with E-state index in [1.165, 1.54) is 13.1 Å². The van der Waals surface area contributed by atoms with Crippen molar-refractivity contribution in [2.24, 2.45) is 0 Å². The van der Waals surface area contributed by atoms with Gasteiger partial charge in [0.15, 0.2) is 0 Å². The molecule has 0 amide bonds. The Bertz CT molecular complexity index is 984. The number of nitrogens with zero attached hydrogens (tertiary/aromatic N) is 1. The summed E-state index contributed by atoms with van der Waals surface area (Å²) in [6.07, 6.45) is 3.14. The van der Waals surface area contributed by atoms with Gasteiger partial charge in [-0.05, 0) is 30.7 Å². The summed E-state index contributed by atoms with van der Waals surface area (Å²) in [5.74, 6) is -1.81. The molecule has 2 N–H and O–H groups in total. The molecule has 23 heavy (non-hydrogen) atoms. The van der Waals surface area contributed by atoms with Crippen molar-refractivity contribution in [1.29, 1.82) is 0 Å². The number of anilines is 1. The van der Waals surface area contributed by atoms with Crippen LogP contribution in [0.5, 0.6) is 0 Å². The number of halogens is 2. The lowest BCUT2D eigenvalue weighted by atomic mass is 10.0. The molecule has 0 aliphatic heterocycles. The van der Waals surface area contributed by atoms with E-state index in [9.17, 15) is 17.2 Å². The molecular weight excluding hydrogens is 324 g/mol. The van der Waals surface area contributed by atoms with Gasteiger partial charge in [-0.1, -0.05) is 0 Å². The quantitative estimate of drug-likeness (QED) is 0.767. The van der Waals surface area contributed by atoms with E-state index in [1.807, 2.05) is 4.72 Å². The van der Waals surface area contributed by atoms with Gasteiger partial charge in [-0.2, -0.15) is 0 Å². The van der Waals surface area contributed by atoms with Crippen molar-refractivity contribution in [3.63, 3.8) is 0 Å². The first-order valence-electron chi connectivity index (χ1n) is 6.83. The minimum atomic E-state index is -3.69. The van der Waals surface area contributed by atoms with Gasteiger partial charge in [-0.25, -0.2) is 22.2 Å². The van der Waals surface area contributed by atoms with E-state index in [4.69, 9.17) is 0 Å². The molecule has 0 unspecified atom stereocenters. The summed E-state index contributed by atoms with van der Waals surface area (Å²) < 4.78 is 53.6. The number of H-pyrrole nitrogens is 1. The van der Waals surface area contributed by atoms with Gasteiger partial charge in [-0.3, -0.25) is 4.72 Å². The molecule has 0 saturated heterocycles. The summed E-state index contributed by atoms with van der Waals surface area (Å²) in [7, 11) is -3.69. The van der Waals surface area contributed by atoms with Crippen molar-refractivity contribution in [3.05, 3.63) is 48.3 Å². The van der Waals surface area contributed by atoms with Crippen LogP contribution in [0.2, 0.25) is 0 Å². The smallest absolute Gasteiger partial charge is 0.232 e. The summed E-state index contributed by atoms with van der Waals surface area (Å²) in [6, 6.07) is 5.11. The molecule has 3 rings (SSSR count). The Morgan fingerprint density at radius 1 is 1.17 bits per heavy atom. The van der Waals surface area contributed by atoms with Crippen LogP contribution < -0.4 is 4.72 Å². The van der Waals surface area contributed by atoms with Crippen molar-refractivity contribution in [2.75, 3.05) is 10.5 Å². The van der Waals surface area contributed by atoms with Crippen LogP contribution in [-0.4, -0.2) is 24.1 Å². The fraction of sp³-hybridized carbons (Fsp3) is 0.133. The molecule has 0 aliphatic carbocycles. The predicted molar refractivity (Wildman–Crippen MR) is 84.5 cm³/mol. The minimum Gasteiger partial charge on any atom is -0.346 e. The minimum absolute atomic E-state index is 0.0361. The number of benzene rings is 1. The van der Waals surface area contributed by atoms with Gasteiger partial charge in [0.1, 0.15) is 17.3 Å². The van der Waals surface area contributed by atoms with Gasteiger partial charge in [-0.15, -0.1) is 0 Å². The molecule has 0 spiro atoms. The Hall–Kier alpha value is -2.48. The number of aromatic nitrogens is 2. The maximum absolute atomic E-state index is 14.4. The highest BCUT2D eigenvalue weighted by molar-refractivity contribution is 7.92. The Labute approximate surface area is 131 Å². The second-order valence-corrected chi connectivity index (χ2v) is 6.93. The summed E-state index contributed by atoms with van der Waals surface area (Å²) in [5, 5.41) is 0.646. The third kappa shape index (κ3) is 2.89. The molecule has 0 aliphatic rings. The highest BCUT2D eigenvalue weighted by atomic mass is 32.2. The van der Waals surface area contributed by atoms with Gasteiger partial charge in [0.2, 0.25) is 10.0 Å². The number of aromatic amines is 1. The maximum Gasteiger partial charge on any atom is 0.232 e. The predicted octanol–water partition coefficient (Wildman–Crippen LogP) is 3.27. The Morgan fingerprint density at radius 2 is 1.96 bits per heavy atom. The van der Waals surface area contributed by atoms with Gasteiger partial charge in [0, 0.05) is 29.4 Å². The standard InChI is InChI=1S/C15H13F2N3O2S/c1-2-23(21,22)20-14-8-12(16)11(7-13(14)17)9-3-5-18-15-10(9)4-6-19-15/h3-8,20H,2H2,1H3,(H,18,19). The Balaban J connectivity index is 2.12. The van der Waals surface area contributed by atoms with E-state index in [-0.39, 0.29) is 11.3 Å². The monoisotopic (exact) mass is 337 g/mol. The highest BCUT2D eigenvalue weighted by Crippen LogP contribution is 2.32. The van der Waals surface area contributed by atoms with E-state index in [1.54, 1.807) is 18.3 Å². The Morgan fingerprint density at radius 3 is 2.70 bits per heavy atom. The fourth-order valence-corrected chi connectivity index (χ4v) is 2.90. The zero-order valence-corrected chi connectivity index (χ0v) is 12.9. The number of hydrogen-bond donors (Lipinski definition) is 2. The van der Waals surface area contributed by atoms with Crippen LogP contribution in [0.3, 0.4) is 0 Å². The molecule has 0 bridgehead atoms. The Kier molecular flexibility index (Phi) is 3.77. The van der Waals surface area contributed by atoms with Crippen molar-refractivity contribution in [1.82, 2.24) is 9.97 Å². The molecule has 8 heteroatoms. The van der Waals surface area contributed by atoms with Crippen LogP contribution in [0.25, 0.3) is 22.2 Å². The normalized spacial score (nSPS) is 11.8. The van der Waals surface area contributed by atoms with Crippen LogP contribution in [0.1, 0.15) is 6.92 Å². The van der Waals surface area contributed by atoms with E-state index in [0.29, 0.717) is 16.6 Å². The SMILES string of the molecule is CCS(=O)(=O)Nc1cc(F)c(-c2ccnc3[nH]ccc23)cc1F. The van der Waals surface area contributed by atoms with Crippen molar-refractivity contribution < 1.29 is 17.2 Å². The molecule has 2 heterocycles. The molecule has 0 saturated carbocycles. The summed E-state index contributed by atoms with van der Waals surface area (Å²) in [6.45, 7) is 1.41. The van der Waals surface area contributed by atoms with Gasteiger partial charge >= 0.3 is 0 Å². The van der Waals surface area contributed by atoms with E-state index in [2.05, 4.69) is 9.97 Å². The molecule has 0 atom stereocenters.